The monoisotopic (exact) mass is 381 g/mol. The lowest BCUT2D eigenvalue weighted by molar-refractivity contribution is -0.118. The number of carbonyl (C=O) groups excluding carboxylic acids is 2. The molecule has 0 atom stereocenters. The Hall–Kier alpha value is -2.04. The van der Waals surface area contributed by atoms with Crippen molar-refractivity contribution >= 4 is 17.6 Å². The van der Waals surface area contributed by atoms with Crippen LogP contribution >= 0.6 is 0 Å². The van der Waals surface area contributed by atoms with E-state index < -0.39 is 0 Å². The quantitative estimate of drug-likeness (QED) is 0.837. The molecule has 0 saturated heterocycles. The summed E-state index contributed by atoms with van der Waals surface area (Å²) in [5, 5.41) is 6.27. The van der Waals surface area contributed by atoms with Crippen LogP contribution in [0.15, 0.2) is 24.3 Å². The number of amides is 3. The van der Waals surface area contributed by atoms with Crippen molar-refractivity contribution in [3.8, 4) is 0 Å². The van der Waals surface area contributed by atoms with E-state index in [0.29, 0.717) is 13.0 Å². The van der Waals surface area contributed by atoms with Gasteiger partial charge in [-0.2, -0.15) is 0 Å². The minimum Gasteiger partial charge on any atom is -0.338 e. The molecule has 4 aliphatic carbocycles. The Morgan fingerprint density at radius 3 is 2.43 bits per heavy atom. The van der Waals surface area contributed by atoms with Crippen molar-refractivity contribution in [2.45, 2.75) is 63.3 Å². The van der Waals surface area contributed by atoms with Gasteiger partial charge in [-0.25, -0.2) is 4.79 Å². The van der Waals surface area contributed by atoms with Crippen LogP contribution in [0.5, 0.6) is 0 Å². The minimum atomic E-state index is -0.0891. The van der Waals surface area contributed by atoms with Crippen LogP contribution < -0.4 is 15.5 Å². The molecular formula is C23H31N3O2. The highest BCUT2D eigenvalue weighted by molar-refractivity contribution is 5.94. The number of urea groups is 1. The maximum atomic E-state index is 12.7. The lowest BCUT2D eigenvalue weighted by Gasteiger charge is -2.56. The summed E-state index contributed by atoms with van der Waals surface area (Å²) in [6.45, 7) is 1.17. The van der Waals surface area contributed by atoms with Crippen LogP contribution in [0.1, 0.15) is 56.9 Å². The predicted molar refractivity (Wildman–Crippen MR) is 109 cm³/mol. The van der Waals surface area contributed by atoms with Gasteiger partial charge in [0.05, 0.1) is 0 Å². The second kappa shape index (κ2) is 7.09. The topological polar surface area (TPSA) is 61.4 Å². The smallest absolute Gasteiger partial charge is 0.315 e. The Balaban J connectivity index is 1.13. The van der Waals surface area contributed by atoms with E-state index in [0.717, 1.165) is 62.1 Å². The van der Waals surface area contributed by atoms with Gasteiger partial charge in [-0.15, -0.1) is 0 Å². The Bertz CT molecular complexity index is 740. The molecule has 150 valence electrons. The van der Waals surface area contributed by atoms with E-state index in [9.17, 15) is 9.59 Å². The number of nitrogens with zero attached hydrogens (tertiary/aromatic N) is 1. The van der Waals surface area contributed by atoms with Crippen molar-refractivity contribution in [3.05, 3.63) is 29.8 Å². The van der Waals surface area contributed by atoms with Gasteiger partial charge in [0.2, 0.25) is 5.91 Å². The van der Waals surface area contributed by atoms with Crippen LogP contribution in [0.3, 0.4) is 0 Å². The molecule has 4 fully saturated rings. The van der Waals surface area contributed by atoms with E-state index >= 15 is 0 Å². The van der Waals surface area contributed by atoms with Crippen LogP contribution in [0.4, 0.5) is 10.5 Å². The molecule has 1 aromatic carbocycles. The molecule has 5 nitrogen and oxygen atoms in total. The molecule has 3 amide bonds. The number of hydrogen-bond acceptors (Lipinski definition) is 2. The zero-order chi connectivity index (χ0) is 19.1. The third-order valence-electron chi connectivity index (χ3n) is 7.45. The first-order chi connectivity index (χ1) is 13.6. The average Bonchev–Trinajstić information content (AvgIpc) is 2.66. The molecule has 0 unspecified atom stereocenters. The Kier molecular flexibility index (Phi) is 4.56. The Labute approximate surface area is 167 Å². The van der Waals surface area contributed by atoms with Gasteiger partial charge in [0, 0.05) is 30.7 Å². The molecule has 0 aromatic heterocycles. The minimum absolute atomic E-state index is 0.0225. The van der Waals surface area contributed by atoms with E-state index in [-0.39, 0.29) is 17.5 Å². The summed E-state index contributed by atoms with van der Waals surface area (Å²) in [5.41, 5.74) is 2.31. The van der Waals surface area contributed by atoms with Gasteiger partial charge in [-0.1, -0.05) is 18.2 Å². The fourth-order valence-electron chi connectivity index (χ4n) is 6.76. The highest BCUT2D eigenvalue weighted by atomic mass is 16.2. The van der Waals surface area contributed by atoms with Gasteiger partial charge in [0.1, 0.15) is 0 Å². The van der Waals surface area contributed by atoms with Gasteiger partial charge in [0.15, 0.2) is 0 Å². The summed E-state index contributed by atoms with van der Waals surface area (Å²) < 4.78 is 0. The van der Waals surface area contributed by atoms with Gasteiger partial charge in [-0.3, -0.25) is 4.79 Å². The molecule has 1 aromatic rings. The molecule has 28 heavy (non-hydrogen) atoms. The van der Waals surface area contributed by atoms with Crippen molar-refractivity contribution in [1.29, 1.82) is 0 Å². The van der Waals surface area contributed by atoms with Crippen molar-refractivity contribution in [2.24, 2.45) is 17.8 Å². The van der Waals surface area contributed by atoms with Crippen LogP contribution in [-0.2, 0) is 11.2 Å². The van der Waals surface area contributed by atoms with Crippen molar-refractivity contribution in [1.82, 2.24) is 10.6 Å². The number of rotatable bonds is 4. The molecule has 1 aliphatic heterocycles. The Morgan fingerprint density at radius 1 is 1.04 bits per heavy atom. The zero-order valence-corrected chi connectivity index (χ0v) is 16.6. The van der Waals surface area contributed by atoms with E-state index in [1.54, 1.807) is 0 Å². The molecule has 0 radical (unpaired) electrons. The maximum Gasteiger partial charge on any atom is 0.315 e. The van der Waals surface area contributed by atoms with E-state index in [1.165, 1.54) is 24.8 Å². The van der Waals surface area contributed by atoms with Gasteiger partial charge >= 0.3 is 6.03 Å². The van der Waals surface area contributed by atoms with Crippen molar-refractivity contribution < 1.29 is 9.59 Å². The number of carbonyl (C=O) groups is 2. The molecule has 2 N–H and O–H groups in total. The van der Waals surface area contributed by atoms with Crippen molar-refractivity contribution in [2.75, 3.05) is 18.0 Å². The summed E-state index contributed by atoms with van der Waals surface area (Å²) in [5.74, 6) is 2.54. The molecule has 4 bridgehead atoms. The first-order valence-corrected chi connectivity index (χ1v) is 11.0. The molecule has 5 heteroatoms. The maximum absolute atomic E-state index is 12.7. The summed E-state index contributed by atoms with van der Waals surface area (Å²) in [4.78, 5) is 27.1. The standard InChI is InChI=1S/C23H31N3O2/c27-21(26-9-3-5-19-4-1-2-6-20(19)26)7-8-24-22(28)25-23-13-16-10-17(14-23)12-18(11-16)15-23/h1-2,4,6,16-18H,3,5,7-15H2,(H2,24,25,28). The number of nitrogens with one attached hydrogen (secondary N) is 2. The third-order valence-corrected chi connectivity index (χ3v) is 7.45. The first-order valence-electron chi connectivity index (χ1n) is 11.0. The number of anilines is 1. The van der Waals surface area contributed by atoms with Crippen LogP contribution in [0.25, 0.3) is 0 Å². The highest BCUT2D eigenvalue weighted by Gasteiger charge is 2.51. The lowest BCUT2D eigenvalue weighted by atomic mass is 9.53. The normalized spacial score (nSPS) is 32.7. The lowest BCUT2D eigenvalue weighted by Crippen LogP contribution is -2.61. The average molecular weight is 382 g/mol. The molecule has 1 heterocycles. The predicted octanol–water partition coefficient (Wildman–Crippen LogP) is 3.62. The second-order valence-electron chi connectivity index (χ2n) is 9.61. The SMILES string of the molecule is O=C(NCCC(=O)N1CCCc2ccccc21)NC12CC3CC(CC(C3)C1)C2. The molecule has 5 aliphatic rings. The molecular weight excluding hydrogens is 350 g/mol. The van der Waals surface area contributed by atoms with Gasteiger partial charge < -0.3 is 15.5 Å². The highest BCUT2D eigenvalue weighted by Crippen LogP contribution is 2.55. The summed E-state index contributed by atoms with van der Waals surface area (Å²) >= 11 is 0. The number of benzene rings is 1. The van der Waals surface area contributed by atoms with Crippen LogP contribution in [0.2, 0.25) is 0 Å². The molecule has 4 saturated carbocycles. The second-order valence-corrected chi connectivity index (χ2v) is 9.61. The van der Waals surface area contributed by atoms with Crippen LogP contribution in [-0.4, -0.2) is 30.6 Å². The number of hydrogen-bond donors (Lipinski definition) is 2. The molecule has 6 rings (SSSR count). The van der Waals surface area contributed by atoms with Gasteiger partial charge in [-0.05, 0) is 80.8 Å². The Morgan fingerprint density at radius 2 is 1.71 bits per heavy atom. The largest absolute Gasteiger partial charge is 0.338 e. The fourth-order valence-corrected chi connectivity index (χ4v) is 6.76. The molecule has 0 spiro atoms. The number of fused-ring (bicyclic) bond motifs is 1. The van der Waals surface area contributed by atoms with E-state index in [2.05, 4.69) is 16.7 Å². The number of para-hydroxylation sites is 1. The number of aryl methyl sites for hydroxylation is 1. The summed E-state index contributed by atoms with van der Waals surface area (Å²) in [6, 6.07) is 8.06. The van der Waals surface area contributed by atoms with E-state index in [1.807, 2.05) is 23.1 Å². The zero-order valence-electron chi connectivity index (χ0n) is 16.6. The third kappa shape index (κ3) is 3.40. The van der Waals surface area contributed by atoms with E-state index in [4.69, 9.17) is 0 Å². The first kappa shape index (κ1) is 18.0. The van der Waals surface area contributed by atoms with Crippen molar-refractivity contribution in [3.63, 3.8) is 0 Å². The fraction of sp³-hybridized carbons (Fsp3) is 0.652. The summed E-state index contributed by atoms with van der Waals surface area (Å²) in [7, 11) is 0. The van der Waals surface area contributed by atoms with Crippen LogP contribution in [0, 0.1) is 17.8 Å². The summed E-state index contributed by atoms with van der Waals surface area (Å²) in [6.07, 6.45) is 9.94. The van der Waals surface area contributed by atoms with Gasteiger partial charge in [0.25, 0.3) is 0 Å².